The maximum absolute atomic E-state index is 5.41. The summed E-state index contributed by atoms with van der Waals surface area (Å²) in [6.07, 6.45) is 1.53. The summed E-state index contributed by atoms with van der Waals surface area (Å²) in [6.45, 7) is 1.80. The van der Waals surface area contributed by atoms with Crippen molar-refractivity contribution >= 4 is 22.9 Å². The van der Waals surface area contributed by atoms with E-state index in [1.165, 1.54) is 6.33 Å². The third kappa shape index (κ3) is 1.08. The van der Waals surface area contributed by atoms with Gasteiger partial charge in [0.25, 0.3) is 0 Å². The van der Waals surface area contributed by atoms with E-state index in [0.717, 1.165) is 10.6 Å². The molecule has 3 nitrogen and oxygen atoms in total. The van der Waals surface area contributed by atoms with Gasteiger partial charge in [0.15, 0.2) is 0 Å². The lowest BCUT2D eigenvalue weighted by Crippen LogP contribution is -1.96. The molecule has 3 N–H and O–H groups in total. The molecule has 1 rings (SSSR count). The van der Waals surface area contributed by atoms with Gasteiger partial charge in [-0.25, -0.2) is 4.98 Å². The molecule has 0 aliphatic rings. The van der Waals surface area contributed by atoms with Gasteiger partial charge in [-0.15, -0.1) is 0 Å². The number of hydrogen-bond donors (Lipinski definition) is 2. The van der Waals surface area contributed by atoms with Gasteiger partial charge in [-0.3, -0.25) is 0 Å². The van der Waals surface area contributed by atoms with Crippen LogP contribution in [-0.4, -0.2) is 14.8 Å². The van der Waals surface area contributed by atoms with Gasteiger partial charge in [0, 0.05) is 4.86 Å². The van der Waals surface area contributed by atoms with E-state index in [1.807, 2.05) is 0 Å². The zero-order valence-corrected chi connectivity index (χ0v) is 5.83. The van der Waals surface area contributed by atoms with Crippen LogP contribution >= 0.6 is 12.2 Å². The summed E-state index contributed by atoms with van der Waals surface area (Å²) in [5, 5.41) is 0. The zero-order valence-electron chi connectivity index (χ0n) is 5.01. The standard InChI is InChI=1S/C5H7N3S/c1-3(9)4-5(6)8-2-7-4/h2H,6H2,1H3,(H,7,8). The molecule has 1 aromatic heterocycles. The highest BCUT2D eigenvalue weighted by Gasteiger charge is 2.00. The number of aromatic amines is 1. The number of nitrogens with two attached hydrogens (primary N) is 1. The van der Waals surface area contributed by atoms with Crippen LogP contribution in [0.25, 0.3) is 0 Å². The monoisotopic (exact) mass is 141 g/mol. The summed E-state index contributed by atoms with van der Waals surface area (Å²) in [7, 11) is 0. The Hall–Kier alpha value is -0.900. The number of hydrogen-bond acceptors (Lipinski definition) is 3. The molecule has 0 atom stereocenters. The second-order valence-corrected chi connectivity index (χ2v) is 2.33. The first-order chi connectivity index (χ1) is 4.22. The van der Waals surface area contributed by atoms with Crippen molar-refractivity contribution in [1.29, 1.82) is 0 Å². The minimum Gasteiger partial charge on any atom is -0.382 e. The van der Waals surface area contributed by atoms with Crippen LogP contribution in [0.15, 0.2) is 6.33 Å². The molecule has 9 heavy (non-hydrogen) atoms. The highest BCUT2D eigenvalue weighted by molar-refractivity contribution is 7.80. The van der Waals surface area contributed by atoms with Crippen molar-refractivity contribution < 1.29 is 0 Å². The highest BCUT2D eigenvalue weighted by Crippen LogP contribution is 2.04. The SMILES string of the molecule is CC(=S)c1[nH]cnc1N. The molecule has 0 spiro atoms. The maximum atomic E-state index is 5.41. The highest BCUT2D eigenvalue weighted by atomic mass is 32.1. The number of rotatable bonds is 1. The van der Waals surface area contributed by atoms with Crippen LogP contribution in [-0.2, 0) is 0 Å². The lowest BCUT2D eigenvalue weighted by atomic mass is 10.3. The summed E-state index contributed by atoms with van der Waals surface area (Å²) < 4.78 is 0. The minimum absolute atomic E-state index is 0.475. The predicted molar refractivity (Wildman–Crippen MR) is 40.4 cm³/mol. The predicted octanol–water partition coefficient (Wildman–Crippen LogP) is 0.730. The molecule has 0 saturated heterocycles. The summed E-state index contributed by atoms with van der Waals surface area (Å²) in [4.78, 5) is 7.34. The first-order valence-electron chi connectivity index (χ1n) is 2.51. The first kappa shape index (κ1) is 6.22. The molecule has 0 radical (unpaired) electrons. The molecule has 0 bridgehead atoms. The lowest BCUT2D eigenvalue weighted by Gasteiger charge is -1.90. The molecule has 0 fully saturated rings. The Kier molecular flexibility index (Phi) is 1.48. The van der Waals surface area contributed by atoms with Crippen molar-refractivity contribution in [3.8, 4) is 0 Å². The molecule has 0 amide bonds. The van der Waals surface area contributed by atoms with Gasteiger partial charge in [-0.05, 0) is 6.92 Å². The molecular weight excluding hydrogens is 134 g/mol. The fraction of sp³-hybridized carbons (Fsp3) is 0.200. The smallest absolute Gasteiger partial charge is 0.150 e. The maximum Gasteiger partial charge on any atom is 0.150 e. The van der Waals surface area contributed by atoms with Crippen molar-refractivity contribution in [3.05, 3.63) is 12.0 Å². The van der Waals surface area contributed by atoms with Crippen LogP contribution < -0.4 is 5.73 Å². The zero-order chi connectivity index (χ0) is 6.85. The van der Waals surface area contributed by atoms with Crippen LogP contribution in [0.2, 0.25) is 0 Å². The molecule has 1 aromatic rings. The van der Waals surface area contributed by atoms with Gasteiger partial charge >= 0.3 is 0 Å². The first-order valence-corrected chi connectivity index (χ1v) is 2.92. The van der Waals surface area contributed by atoms with Gasteiger partial charge in [-0.2, -0.15) is 0 Å². The van der Waals surface area contributed by atoms with Crippen molar-refractivity contribution in [3.63, 3.8) is 0 Å². The van der Waals surface area contributed by atoms with E-state index in [4.69, 9.17) is 18.0 Å². The fourth-order valence-electron chi connectivity index (χ4n) is 0.587. The van der Waals surface area contributed by atoms with Crippen molar-refractivity contribution in [1.82, 2.24) is 9.97 Å². The molecule has 1 heterocycles. The Balaban J connectivity index is 3.08. The molecule has 4 heteroatoms. The van der Waals surface area contributed by atoms with E-state index in [2.05, 4.69) is 9.97 Å². The van der Waals surface area contributed by atoms with Crippen molar-refractivity contribution in [2.75, 3.05) is 5.73 Å². The van der Waals surface area contributed by atoms with Crippen molar-refractivity contribution in [2.45, 2.75) is 6.92 Å². The van der Waals surface area contributed by atoms with Crippen LogP contribution in [0.4, 0.5) is 5.82 Å². The van der Waals surface area contributed by atoms with Gasteiger partial charge in [-0.1, -0.05) is 12.2 Å². The summed E-state index contributed by atoms with van der Waals surface area (Å²) in [6, 6.07) is 0. The quantitative estimate of drug-likeness (QED) is 0.448. The normalized spacial score (nSPS) is 9.44. The molecule has 0 aliphatic carbocycles. The number of nitrogen functional groups attached to an aromatic ring is 1. The number of nitrogens with one attached hydrogen (secondary N) is 1. The Morgan fingerprint density at radius 1 is 1.89 bits per heavy atom. The van der Waals surface area contributed by atoms with Gasteiger partial charge in [0.05, 0.1) is 12.0 Å². The lowest BCUT2D eigenvalue weighted by molar-refractivity contribution is 1.31. The summed E-state index contributed by atoms with van der Waals surface area (Å²) >= 11 is 4.85. The van der Waals surface area contributed by atoms with Crippen LogP contribution in [0.1, 0.15) is 12.6 Å². The fourth-order valence-corrected chi connectivity index (χ4v) is 0.750. The number of nitrogens with zero attached hydrogens (tertiary/aromatic N) is 1. The molecule has 0 aliphatic heterocycles. The number of thiocarbonyl (C=S) groups is 1. The van der Waals surface area contributed by atoms with Gasteiger partial charge in [0.2, 0.25) is 0 Å². The Morgan fingerprint density at radius 2 is 2.56 bits per heavy atom. The molecule has 0 saturated carbocycles. The molecule has 0 aromatic carbocycles. The molecule has 0 unspecified atom stereocenters. The van der Waals surface area contributed by atoms with E-state index >= 15 is 0 Å². The van der Waals surface area contributed by atoms with E-state index in [-0.39, 0.29) is 0 Å². The minimum atomic E-state index is 0.475. The second-order valence-electron chi connectivity index (χ2n) is 1.72. The number of imidazole rings is 1. The van der Waals surface area contributed by atoms with E-state index in [0.29, 0.717) is 5.82 Å². The van der Waals surface area contributed by atoms with Crippen molar-refractivity contribution in [2.24, 2.45) is 0 Å². The Bertz CT molecular complexity index is 228. The van der Waals surface area contributed by atoms with Crippen LogP contribution in [0.3, 0.4) is 0 Å². The van der Waals surface area contributed by atoms with Crippen LogP contribution in [0.5, 0.6) is 0 Å². The number of anilines is 1. The van der Waals surface area contributed by atoms with Crippen LogP contribution in [0, 0.1) is 0 Å². The average molecular weight is 141 g/mol. The Labute approximate surface area is 58.3 Å². The summed E-state index contributed by atoms with van der Waals surface area (Å²) in [5.41, 5.74) is 6.17. The van der Waals surface area contributed by atoms with E-state index < -0.39 is 0 Å². The third-order valence-electron chi connectivity index (χ3n) is 1.02. The number of aromatic nitrogens is 2. The Morgan fingerprint density at radius 3 is 2.78 bits per heavy atom. The van der Waals surface area contributed by atoms with E-state index in [9.17, 15) is 0 Å². The van der Waals surface area contributed by atoms with E-state index in [1.54, 1.807) is 6.92 Å². The largest absolute Gasteiger partial charge is 0.382 e. The summed E-state index contributed by atoms with van der Waals surface area (Å²) in [5.74, 6) is 0.475. The molecular formula is C5H7N3S. The average Bonchev–Trinajstić information content (AvgIpc) is 2.13. The molecule has 48 valence electrons. The number of H-pyrrole nitrogens is 1. The van der Waals surface area contributed by atoms with Gasteiger partial charge < -0.3 is 10.7 Å². The third-order valence-corrected chi connectivity index (χ3v) is 1.22. The topological polar surface area (TPSA) is 54.7 Å². The van der Waals surface area contributed by atoms with Gasteiger partial charge in [0.1, 0.15) is 5.82 Å². The second kappa shape index (κ2) is 2.14.